The van der Waals surface area contributed by atoms with Crippen molar-refractivity contribution in [2.45, 2.75) is 0 Å². The Labute approximate surface area is 274 Å². The Morgan fingerprint density at radius 2 is 0.667 bits per heavy atom. The molecular weight excluding hydrogens is 589 g/mol. The van der Waals surface area contributed by atoms with Crippen molar-refractivity contribution in [1.29, 1.82) is 21.0 Å². The fourth-order valence-corrected chi connectivity index (χ4v) is 7.57. The summed E-state index contributed by atoms with van der Waals surface area (Å²) in [7, 11) is 0. The topological polar surface area (TPSA) is 105 Å². The lowest BCUT2D eigenvalue weighted by Crippen LogP contribution is -2.11. The fourth-order valence-electron chi connectivity index (χ4n) is 7.57. The summed E-state index contributed by atoms with van der Waals surface area (Å²) in [4.78, 5) is 0. The van der Waals surface area contributed by atoms with Gasteiger partial charge < -0.3 is 9.13 Å². The molecule has 0 aliphatic carbocycles. The number of fused-ring (bicyclic) bond motifs is 10. The molecule has 6 nitrogen and oxygen atoms in total. The Kier molecular flexibility index (Phi) is 5.66. The van der Waals surface area contributed by atoms with E-state index in [1.807, 2.05) is 118 Å². The van der Waals surface area contributed by atoms with Gasteiger partial charge in [-0.15, -0.1) is 0 Å². The highest BCUT2D eigenvalue weighted by molar-refractivity contribution is 6.23. The predicted molar refractivity (Wildman–Crippen MR) is 189 cm³/mol. The SMILES string of the molecule is N#Cc1c(C#N)c(-n2c3ccccc3c3c4ccccc4ccc32)c(C#N)c(C#N)c1-n1c2ccccc2c2c3ccccc3ccc21. The lowest BCUT2D eigenvalue weighted by molar-refractivity contribution is 1.10. The Morgan fingerprint density at radius 1 is 0.333 bits per heavy atom. The maximum absolute atomic E-state index is 10.9. The highest BCUT2D eigenvalue weighted by Gasteiger charge is 2.30. The van der Waals surface area contributed by atoms with Crippen LogP contribution in [-0.2, 0) is 0 Å². The van der Waals surface area contributed by atoms with E-state index in [0.29, 0.717) is 0 Å². The number of aromatic nitrogens is 2. The normalized spacial score (nSPS) is 11.2. The van der Waals surface area contributed by atoms with Crippen LogP contribution in [0.25, 0.3) is 76.5 Å². The average Bonchev–Trinajstić information content (AvgIpc) is 3.66. The first kappa shape index (κ1) is 27.0. The Balaban J connectivity index is 1.50. The van der Waals surface area contributed by atoms with E-state index in [1.54, 1.807) is 0 Å². The fraction of sp³-hybridized carbons (Fsp3) is 0. The van der Waals surface area contributed by atoms with Gasteiger partial charge in [0.15, 0.2) is 0 Å². The second kappa shape index (κ2) is 10.1. The summed E-state index contributed by atoms with van der Waals surface area (Å²) in [5.41, 5.74) is 3.65. The summed E-state index contributed by atoms with van der Waals surface area (Å²) < 4.78 is 3.75. The molecule has 9 aromatic rings. The van der Waals surface area contributed by atoms with Gasteiger partial charge in [0, 0.05) is 21.5 Å². The molecule has 2 heterocycles. The van der Waals surface area contributed by atoms with Crippen molar-refractivity contribution in [2.24, 2.45) is 0 Å². The molecule has 218 valence electrons. The highest BCUT2D eigenvalue weighted by Crippen LogP contribution is 2.43. The third kappa shape index (κ3) is 3.41. The summed E-state index contributed by atoms with van der Waals surface area (Å²) in [6, 6.07) is 49.0. The van der Waals surface area contributed by atoms with Gasteiger partial charge in [-0.05, 0) is 45.8 Å². The zero-order chi connectivity index (χ0) is 32.5. The van der Waals surface area contributed by atoms with Crippen molar-refractivity contribution < 1.29 is 0 Å². The summed E-state index contributed by atoms with van der Waals surface area (Å²) in [5, 5.41) is 51.6. The Bertz CT molecular complexity index is 2790. The van der Waals surface area contributed by atoms with Crippen LogP contribution in [0.1, 0.15) is 22.3 Å². The second-order valence-corrected chi connectivity index (χ2v) is 11.7. The maximum atomic E-state index is 10.9. The third-order valence-corrected chi connectivity index (χ3v) is 9.47. The molecule has 0 bridgehead atoms. The van der Waals surface area contributed by atoms with Gasteiger partial charge in [0.05, 0.1) is 55.7 Å². The van der Waals surface area contributed by atoms with Crippen molar-refractivity contribution in [1.82, 2.24) is 9.13 Å². The van der Waals surface area contributed by atoms with Crippen molar-refractivity contribution in [3.05, 3.63) is 144 Å². The van der Waals surface area contributed by atoms with Crippen LogP contribution in [0.4, 0.5) is 0 Å². The number of para-hydroxylation sites is 2. The van der Waals surface area contributed by atoms with E-state index in [1.165, 1.54) is 0 Å². The molecule has 0 atom stereocenters. The molecule has 7 aromatic carbocycles. The van der Waals surface area contributed by atoms with Crippen LogP contribution < -0.4 is 0 Å². The minimum atomic E-state index is 0.0329. The molecule has 0 aliphatic heterocycles. The molecule has 0 saturated carbocycles. The van der Waals surface area contributed by atoms with Crippen LogP contribution in [0.3, 0.4) is 0 Å². The molecule has 0 unspecified atom stereocenters. The summed E-state index contributed by atoms with van der Waals surface area (Å²) in [5.74, 6) is 0. The summed E-state index contributed by atoms with van der Waals surface area (Å²) in [6.07, 6.45) is 0. The highest BCUT2D eigenvalue weighted by atomic mass is 15.0. The van der Waals surface area contributed by atoms with E-state index in [4.69, 9.17) is 0 Å². The predicted octanol–water partition coefficient (Wildman–Crippen LogP) is 9.67. The smallest absolute Gasteiger partial charge is 0.103 e. The third-order valence-electron chi connectivity index (χ3n) is 9.47. The van der Waals surface area contributed by atoms with E-state index in [0.717, 1.165) is 65.2 Å². The van der Waals surface area contributed by atoms with Gasteiger partial charge >= 0.3 is 0 Å². The first-order valence-corrected chi connectivity index (χ1v) is 15.4. The first-order chi connectivity index (χ1) is 23.7. The van der Waals surface area contributed by atoms with Crippen LogP contribution in [0.15, 0.2) is 121 Å². The zero-order valence-electron chi connectivity index (χ0n) is 25.2. The van der Waals surface area contributed by atoms with Crippen LogP contribution in [0.5, 0.6) is 0 Å². The van der Waals surface area contributed by atoms with Gasteiger partial charge in [-0.25, -0.2) is 0 Å². The second-order valence-electron chi connectivity index (χ2n) is 11.7. The van der Waals surface area contributed by atoms with Gasteiger partial charge in [-0.2, -0.15) is 21.0 Å². The molecule has 0 saturated heterocycles. The zero-order valence-corrected chi connectivity index (χ0v) is 25.2. The van der Waals surface area contributed by atoms with Gasteiger partial charge in [-0.3, -0.25) is 0 Å². The Morgan fingerprint density at radius 3 is 1.04 bits per heavy atom. The lowest BCUT2D eigenvalue weighted by atomic mass is 9.93. The number of hydrogen-bond acceptors (Lipinski definition) is 4. The number of benzene rings is 7. The van der Waals surface area contributed by atoms with Crippen molar-refractivity contribution >= 4 is 65.2 Å². The molecule has 0 amide bonds. The minimum Gasteiger partial charge on any atom is -0.307 e. The monoisotopic (exact) mass is 608 g/mol. The molecule has 48 heavy (non-hydrogen) atoms. The van der Waals surface area contributed by atoms with Crippen LogP contribution in [-0.4, -0.2) is 9.13 Å². The lowest BCUT2D eigenvalue weighted by Gasteiger charge is -2.19. The van der Waals surface area contributed by atoms with Crippen LogP contribution >= 0.6 is 0 Å². The minimum absolute atomic E-state index is 0.0329. The van der Waals surface area contributed by atoms with Crippen molar-refractivity contribution in [3.8, 4) is 35.7 Å². The van der Waals surface area contributed by atoms with Gasteiger partial charge in [0.25, 0.3) is 0 Å². The average molecular weight is 609 g/mol. The maximum Gasteiger partial charge on any atom is 0.103 e. The molecule has 2 aromatic heterocycles. The first-order valence-electron chi connectivity index (χ1n) is 15.4. The van der Waals surface area contributed by atoms with E-state index in [2.05, 4.69) is 36.4 Å². The quantitative estimate of drug-likeness (QED) is 0.195. The van der Waals surface area contributed by atoms with E-state index < -0.39 is 0 Å². The molecule has 0 N–H and O–H groups in total. The van der Waals surface area contributed by atoms with Crippen molar-refractivity contribution in [3.63, 3.8) is 0 Å². The number of nitriles is 4. The summed E-state index contributed by atoms with van der Waals surface area (Å²) >= 11 is 0. The molecule has 6 heteroatoms. The van der Waals surface area contributed by atoms with E-state index in [9.17, 15) is 21.0 Å². The summed E-state index contributed by atoms with van der Waals surface area (Å²) in [6.45, 7) is 0. The Hall–Kier alpha value is -7.38. The van der Waals surface area contributed by atoms with E-state index >= 15 is 0 Å². The van der Waals surface area contributed by atoms with Gasteiger partial charge in [0.1, 0.15) is 24.3 Å². The van der Waals surface area contributed by atoms with Crippen LogP contribution in [0.2, 0.25) is 0 Å². The number of rotatable bonds is 2. The molecular formula is C42H20N6. The van der Waals surface area contributed by atoms with Crippen LogP contribution in [0, 0.1) is 45.3 Å². The van der Waals surface area contributed by atoms with Gasteiger partial charge in [0.2, 0.25) is 0 Å². The molecule has 0 aliphatic rings. The number of hydrogen-bond donors (Lipinski definition) is 0. The largest absolute Gasteiger partial charge is 0.307 e. The molecule has 0 fully saturated rings. The van der Waals surface area contributed by atoms with Crippen molar-refractivity contribution in [2.75, 3.05) is 0 Å². The molecule has 9 rings (SSSR count). The standard InChI is InChI=1S/C42H20N6/c43-21-31-33(23-45)42(48-36-16-8-6-14-30(36)40-28-12-4-2-10-26(28)18-20-38(40)48)34(24-46)32(22-44)41(31)47-35-15-7-5-13-29(35)39-27-11-3-1-9-25(27)17-19-37(39)47/h1-20H. The van der Waals surface area contributed by atoms with Gasteiger partial charge in [-0.1, -0.05) is 97.1 Å². The molecule has 0 radical (unpaired) electrons. The number of nitrogens with zero attached hydrogens (tertiary/aromatic N) is 6. The van der Waals surface area contributed by atoms with E-state index in [-0.39, 0.29) is 33.6 Å². The molecule has 0 spiro atoms.